The molecular formula is C15H13F6N3O2. The van der Waals surface area contributed by atoms with Gasteiger partial charge < -0.3 is 11.1 Å². The number of nitrogens with one attached hydrogen (secondary N) is 1. The van der Waals surface area contributed by atoms with Gasteiger partial charge in [0.05, 0.1) is 17.2 Å². The lowest BCUT2D eigenvalue weighted by atomic mass is 9.97. The average Bonchev–Trinajstić information content (AvgIpc) is 2.50. The van der Waals surface area contributed by atoms with Gasteiger partial charge in [0.1, 0.15) is 6.04 Å². The van der Waals surface area contributed by atoms with Crippen LogP contribution >= 0.6 is 0 Å². The number of nitrogens with zero attached hydrogens (tertiary/aromatic N) is 1. The van der Waals surface area contributed by atoms with Crippen LogP contribution in [0, 0.1) is 17.2 Å². The van der Waals surface area contributed by atoms with Gasteiger partial charge in [-0.05, 0) is 24.1 Å². The highest BCUT2D eigenvalue weighted by molar-refractivity contribution is 5.97. The standard InChI is InChI=1S/C15H13F6N3O2/c1-7(2-3-22)11(12(23)25)24-13(26)8-4-9(14(16,17)18)6-10(5-8)15(19,20)21/h4-7,11H,2H2,1H3,(H2,23,25)(H,24,26)/t7-,11+/m1/s1. The van der Waals surface area contributed by atoms with Crippen molar-refractivity contribution in [3.8, 4) is 6.07 Å². The summed E-state index contributed by atoms with van der Waals surface area (Å²) in [6.07, 6.45) is -10.5. The number of amides is 2. The number of nitrogens with two attached hydrogens (primary N) is 1. The molecule has 0 unspecified atom stereocenters. The topological polar surface area (TPSA) is 96.0 Å². The zero-order valence-corrected chi connectivity index (χ0v) is 13.2. The smallest absolute Gasteiger partial charge is 0.368 e. The fourth-order valence-corrected chi connectivity index (χ4v) is 2.07. The molecule has 0 saturated carbocycles. The van der Waals surface area contributed by atoms with Gasteiger partial charge in [-0.2, -0.15) is 31.6 Å². The summed E-state index contributed by atoms with van der Waals surface area (Å²) >= 11 is 0. The van der Waals surface area contributed by atoms with Crippen molar-refractivity contribution in [3.63, 3.8) is 0 Å². The third-order valence-electron chi connectivity index (χ3n) is 3.43. The van der Waals surface area contributed by atoms with E-state index in [4.69, 9.17) is 11.0 Å². The quantitative estimate of drug-likeness (QED) is 0.768. The van der Waals surface area contributed by atoms with E-state index in [0.29, 0.717) is 0 Å². The summed E-state index contributed by atoms with van der Waals surface area (Å²) in [5, 5.41) is 10.6. The van der Waals surface area contributed by atoms with Crippen LogP contribution < -0.4 is 11.1 Å². The van der Waals surface area contributed by atoms with E-state index >= 15 is 0 Å². The molecule has 2 atom stereocenters. The average molecular weight is 381 g/mol. The lowest BCUT2D eigenvalue weighted by molar-refractivity contribution is -0.143. The maximum absolute atomic E-state index is 12.8. The van der Waals surface area contributed by atoms with Crippen LogP contribution in [0.3, 0.4) is 0 Å². The number of primary amides is 1. The summed E-state index contributed by atoms with van der Waals surface area (Å²) in [6, 6.07) is 0.621. The molecule has 142 valence electrons. The first-order chi connectivity index (χ1) is 11.8. The van der Waals surface area contributed by atoms with Crippen LogP contribution in [-0.2, 0) is 17.1 Å². The first-order valence-electron chi connectivity index (χ1n) is 7.04. The zero-order valence-electron chi connectivity index (χ0n) is 13.2. The second-order valence-corrected chi connectivity index (χ2v) is 5.49. The fraction of sp³-hybridized carbons (Fsp3) is 0.400. The normalized spacial score (nSPS) is 14.2. The second-order valence-electron chi connectivity index (χ2n) is 5.49. The lowest BCUT2D eigenvalue weighted by Crippen LogP contribution is -2.48. The van der Waals surface area contributed by atoms with Crippen LogP contribution in [-0.4, -0.2) is 17.9 Å². The van der Waals surface area contributed by atoms with E-state index < -0.39 is 52.8 Å². The number of alkyl halides is 6. The van der Waals surface area contributed by atoms with Gasteiger partial charge in [-0.25, -0.2) is 0 Å². The molecule has 0 fully saturated rings. The van der Waals surface area contributed by atoms with E-state index in [1.807, 2.05) is 5.32 Å². The monoisotopic (exact) mass is 381 g/mol. The van der Waals surface area contributed by atoms with Crippen molar-refractivity contribution in [1.29, 1.82) is 5.26 Å². The van der Waals surface area contributed by atoms with E-state index in [0.717, 1.165) is 0 Å². The van der Waals surface area contributed by atoms with Crippen LogP contribution in [0.1, 0.15) is 34.8 Å². The molecule has 0 aliphatic heterocycles. The Hall–Kier alpha value is -2.77. The number of benzene rings is 1. The van der Waals surface area contributed by atoms with Crippen molar-refractivity contribution in [2.45, 2.75) is 31.7 Å². The maximum Gasteiger partial charge on any atom is 0.416 e. The summed E-state index contributed by atoms with van der Waals surface area (Å²) in [5.74, 6) is -3.23. The minimum Gasteiger partial charge on any atom is -0.368 e. The van der Waals surface area contributed by atoms with Crippen molar-refractivity contribution < 1.29 is 35.9 Å². The Morgan fingerprint density at radius 3 is 1.92 bits per heavy atom. The summed E-state index contributed by atoms with van der Waals surface area (Å²) in [4.78, 5) is 23.5. The Kier molecular flexibility index (Phi) is 6.25. The van der Waals surface area contributed by atoms with Gasteiger partial charge in [0.15, 0.2) is 0 Å². The molecule has 26 heavy (non-hydrogen) atoms. The van der Waals surface area contributed by atoms with E-state index in [1.54, 1.807) is 6.07 Å². The molecule has 0 radical (unpaired) electrons. The van der Waals surface area contributed by atoms with Crippen molar-refractivity contribution in [1.82, 2.24) is 5.32 Å². The predicted octanol–water partition coefficient (Wildman–Crippen LogP) is 2.86. The third kappa shape index (κ3) is 5.37. The molecule has 0 aromatic heterocycles. The van der Waals surface area contributed by atoms with Gasteiger partial charge in [0.2, 0.25) is 5.91 Å². The van der Waals surface area contributed by atoms with Gasteiger partial charge in [-0.15, -0.1) is 0 Å². The summed E-state index contributed by atoms with van der Waals surface area (Å²) < 4.78 is 76.9. The molecule has 0 saturated heterocycles. The molecule has 11 heteroatoms. The molecule has 1 aromatic rings. The second kappa shape index (κ2) is 7.63. The summed E-state index contributed by atoms with van der Waals surface area (Å²) in [7, 11) is 0. The minimum absolute atomic E-state index is 0.124. The third-order valence-corrected chi connectivity index (χ3v) is 3.43. The number of hydrogen-bond donors (Lipinski definition) is 2. The molecule has 5 nitrogen and oxygen atoms in total. The Balaban J connectivity index is 3.30. The Labute approximate surface area is 143 Å². The number of halogens is 6. The zero-order chi connectivity index (χ0) is 20.3. The van der Waals surface area contributed by atoms with Crippen LogP contribution in [0.4, 0.5) is 26.3 Å². The van der Waals surface area contributed by atoms with Crippen LogP contribution in [0.15, 0.2) is 18.2 Å². The van der Waals surface area contributed by atoms with Crippen LogP contribution in [0.5, 0.6) is 0 Å². The first-order valence-corrected chi connectivity index (χ1v) is 7.04. The first kappa shape index (κ1) is 21.3. The Morgan fingerprint density at radius 1 is 1.12 bits per heavy atom. The number of carbonyl (C=O) groups is 2. The minimum atomic E-state index is -5.12. The number of nitriles is 1. The molecule has 0 spiro atoms. The van der Waals surface area contributed by atoms with E-state index in [1.165, 1.54) is 6.92 Å². The van der Waals surface area contributed by atoms with Crippen LogP contribution in [0.2, 0.25) is 0 Å². The van der Waals surface area contributed by atoms with Crippen molar-refractivity contribution >= 4 is 11.8 Å². The largest absolute Gasteiger partial charge is 0.416 e. The predicted molar refractivity (Wildman–Crippen MR) is 76.3 cm³/mol. The summed E-state index contributed by atoms with van der Waals surface area (Å²) in [5.41, 5.74) is 0.791. The van der Waals surface area contributed by atoms with E-state index in [-0.39, 0.29) is 24.6 Å². The summed E-state index contributed by atoms with van der Waals surface area (Å²) in [6.45, 7) is 1.37. The molecule has 1 aromatic carbocycles. The highest BCUT2D eigenvalue weighted by atomic mass is 19.4. The van der Waals surface area contributed by atoms with Crippen molar-refractivity contribution in [2.24, 2.45) is 11.7 Å². The molecule has 0 heterocycles. The van der Waals surface area contributed by atoms with Gasteiger partial charge in [0, 0.05) is 12.0 Å². The van der Waals surface area contributed by atoms with Crippen molar-refractivity contribution in [3.05, 3.63) is 34.9 Å². The molecular weight excluding hydrogens is 368 g/mol. The van der Waals surface area contributed by atoms with Gasteiger partial charge in [-0.3, -0.25) is 9.59 Å². The van der Waals surface area contributed by atoms with E-state index in [2.05, 4.69) is 0 Å². The van der Waals surface area contributed by atoms with Gasteiger partial charge >= 0.3 is 12.4 Å². The molecule has 0 aliphatic carbocycles. The highest BCUT2D eigenvalue weighted by Gasteiger charge is 2.38. The molecule has 1 rings (SSSR count). The fourth-order valence-electron chi connectivity index (χ4n) is 2.07. The molecule has 0 aliphatic rings. The number of carbonyl (C=O) groups excluding carboxylic acids is 2. The highest BCUT2D eigenvalue weighted by Crippen LogP contribution is 2.36. The van der Waals surface area contributed by atoms with Crippen LogP contribution in [0.25, 0.3) is 0 Å². The van der Waals surface area contributed by atoms with Gasteiger partial charge in [0.25, 0.3) is 5.91 Å². The van der Waals surface area contributed by atoms with Gasteiger partial charge in [-0.1, -0.05) is 6.92 Å². The molecule has 2 amide bonds. The molecule has 3 N–H and O–H groups in total. The Morgan fingerprint density at radius 2 is 1.58 bits per heavy atom. The number of rotatable bonds is 5. The maximum atomic E-state index is 12.8. The number of hydrogen-bond acceptors (Lipinski definition) is 3. The van der Waals surface area contributed by atoms with Crippen molar-refractivity contribution in [2.75, 3.05) is 0 Å². The molecule has 0 bridgehead atoms. The Bertz CT molecular complexity index is 704. The SMILES string of the molecule is C[C@H](CC#N)[C@H](NC(=O)c1cc(C(F)(F)F)cc(C(F)(F)F)c1)C(N)=O. The van der Waals surface area contributed by atoms with E-state index in [9.17, 15) is 35.9 Å². The lowest BCUT2D eigenvalue weighted by Gasteiger charge is -2.21.